The van der Waals surface area contributed by atoms with E-state index in [9.17, 15) is 14.9 Å². The van der Waals surface area contributed by atoms with Gasteiger partial charge in [-0.1, -0.05) is 23.4 Å². The lowest BCUT2D eigenvalue weighted by Gasteiger charge is -2.07. The zero-order valence-corrected chi connectivity index (χ0v) is 18.4. The van der Waals surface area contributed by atoms with E-state index in [0.29, 0.717) is 17.4 Å². The number of halogens is 2. The first kappa shape index (κ1) is 20.8. The number of benzene rings is 1. The smallest absolute Gasteiger partial charge is 0.289 e. The minimum absolute atomic E-state index is 0.0150. The lowest BCUT2D eigenvalue weighted by molar-refractivity contribution is -0.384. The summed E-state index contributed by atoms with van der Waals surface area (Å²) >= 11 is 12.0. The molecule has 2 aromatic heterocycles. The van der Waals surface area contributed by atoms with Crippen LogP contribution in [-0.4, -0.2) is 31.3 Å². The number of nitro benzene ring substituents is 1. The van der Waals surface area contributed by atoms with E-state index < -0.39 is 4.92 Å². The molecule has 0 saturated carbocycles. The highest BCUT2D eigenvalue weighted by Gasteiger charge is 2.17. The highest BCUT2D eigenvalue weighted by atomic mass is 79.9. The molecule has 0 aliphatic carbocycles. The number of anilines is 1. The standard InChI is InChI=1S/C16H13BrClN5O3S2/c1-2-22-15(13-5-9(17)7-27-13)20-21-16(22)28-8-14(24)19-10-3-4-11(18)12(6-10)23(25)26/h3-7H,2,8H2,1H3,(H,19,24). The van der Waals surface area contributed by atoms with Crippen molar-refractivity contribution in [1.82, 2.24) is 14.8 Å². The third kappa shape index (κ3) is 4.72. The largest absolute Gasteiger partial charge is 0.325 e. The van der Waals surface area contributed by atoms with E-state index in [0.717, 1.165) is 15.2 Å². The first-order valence-corrected chi connectivity index (χ1v) is 11.0. The number of aromatic nitrogens is 3. The molecule has 1 amide bonds. The summed E-state index contributed by atoms with van der Waals surface area (Å²) in [5.41, 5.74) is 0.0485. The predicted molar refractivity (Wildman–Crippen MR) is 114 cm³/mol. The van der Waals surface area contributed by atoms with Crippen LogP contribution in [0.5, 0.6) is 0 Å². The third-order valence-corrected chi connectivity index (χ3v) is 6.55. The van der Waals surface area contributed by atoms with Crippen LogP contribution in [0.3, 0.4) is 0 Å². The van der Waals surface area contributed by atoms with Crippen LogP contribution in [0.4, 0.5) is 11.4 Å². The van der Waals surface area contributed by atoms with Crippen molar-refractivity contribution in [2.75, 3.05) is 11.1 Å². The van der Waals surface area contributed by atoms with E-state index in [1.807, 2.05) is 22.9 Å². The number of carbonyl (C=O) groups is 1. The van der Waals surface area contributed by atoms with E-state index in [1.54, 1.807) is 11.3 Å². The average molecular weight is 503 g/mol. The zero-order chi connectivity index (χ0) is 20.3. The Hall–Kier alpha value is -1.95. The maximum absolute atomic E-state index is 12.2. The summed E-state index contributed by atoms with van der Waals surface area (Å²) in [6, 6.07) is 6.09. The zero-order valence-electron chi connectivity index (χ0n) is 14.4. The van der Waals surface area contributed by atoms with Crippen LogP contribution in [-0.2, 0) is 11.3 Å². The number of amides is 1. The third-order valence-electron chi connectivity index (χ3n) is 3.58. The van der Waals surface area contributed by atoms with Gasteiger partial charge in [0.05, 0.1) is 15.6 Å². The summed E-state index contributed by atoms with van der Waals surface area (Å²) < 4.78 is 2.91. The van der Waals surface area contributed by atoms with E-state index in [2.05, 4.69) is 31.4 Å². The minimum atomic E-state index is -0.596. The Morgan fingerprint density at radius 2 is 2.21 bits per heavy atom. The molecule has 0 radical (unpaired) electrons. The summed E-state index contributed by atoms with van der Waals surface area (Å²) in [6.07, 6.45) is 0. The molecule has 146 valence electrons. The fraction of sp³-hybridized carbons (Fsp3) is 0.188. The number of nitro groups is 1. The second kappa shape index (κ2) is 9.03. The van der Waals surface area contributed by atoms with Gasteiger partial charge in [-0.3, -0.25) is 14.9 Å². The molecule has 0 atom stereocenters. The number of hydrogen-bond donors (Lipinski definition) is 1. The van der Waals surface area contributed by atoms with E-state index in [1.165, 1.54) is 30.0 Å². The molecule has 8 nitrogen and oxygen atoms in total. The molecule has 0 unspecified atom stereocenters. The van der Waals surface area contributed by atoms with Crippen LogP contribution in [0.1, 0.15) is 6.92 Å². The lowest BCUT2D eigenvalue weighted by atomic mass is 10.3. The Balaban J connectivity index is 1.67. The molecule has 0 saturated heterocycles. The van der Waals surface area contributed by atoms with Gasteiger partial charge in [-0.25, -0.2) is 0 Å². The van der Waals surface area contributed by atoms with Gasteiger partial charge in [0.25, 0.3) is 5.69 Å². The fourth-order valence-corrected chi connectivity index (χ4v) is 4.76. The van der Waals surface area contributed by atoms with Gasteiger partial charge >= 0.3 is 0 Å². The van der Waals surface area contributed by atoms with E-state index in [4.69, 9.17) is 11.6 Å². The Morgan fingerprint density at radius 1 is 1.43 bits per heavy atom. The van der Waals surface area contributed by atoms with Gasteiger partial charge in [0, 0.05) is 28.2 Å². The maximum atomic E-state index is 12.2. The lowest BCUT2D eigenvalue weighted by Crippen LogP contribution is -2.14. The Morgan fingerprint density at radius 3 is 2.86 bits per heavy atom. The minimum Gasteiger partial charge on any atom is -0.325 e. The summed E-state index contributed by atoms with van der Waals surface area (Å²) in [5, 5.41) is 24.6. The van der Waals surface area contributed by atoms with Crippen molar-refractivity contribution in [1.29, 1.82) is 0 Å². The highest BCUT2D eigenvalue weighted by molar-refractivity contribution is 9.10. The molecule has 2 heterocycles. The first-order chi connectivity index (χ1) is 13.4. The first-order valence-electron chi connectivity index (χ1n) is 7.93. The van der Waals surface area contributed by atoms with Gasteiger partial charge in [-0.05, 0) is 41.1 Å². The molecule has 3 aromatic rings. The molecule has 3 rings (SSSR count). The summed E-state index contributed by atoms with van der Waals surface area (Å²) in [4.78, 5) is 23.6. The number of nitrogens with zero attached hydrogens (tertiary/aromatic N) is 4. The second-order valence-electron chi connectivity index (χ2n) is 5.44. The van der Waals surface area contributed by atoms with Crippen molar-refractivity contribution >= 4 is 67.9 Å². The number of hydrogen-bond acceptors (Lipinski definition) is 7. The molecule has 12 heteroatoms. The van der Waals surface area contributed by atoms with Crippen molar-refractivity contribution < 1.29 is 9.72 Å². The molecule has 0 fully saturated rings. The summed E-state index contributed by atoms with van der Waals surface area (Å²) in [7, 11) is 0. The van der Waals surface area contributed by atoms with Gasteiger partial charge in [0.15, 0.2) is 11.0 Å². The topological polar surface area (TPSA) is 103 Å². The maximum Gasteiger partial charge on any atom is 0.289 e. The Labute approximate surface area is 181 Å². The van der Waals surface area contributed by atoms with Crippen molar-refractivity contribution in [3.05, 3.63) is 49.3 Å². The SMILES string of the molecule is CCn1c(SCC(=O)Nc2ccc(Cl)c([N+](=O)[O-])c2)nnc1-c1cc(Br)cs1. The highest BCUT2D eigenvalue weighted by Crippen LogP contribution is 2.31. The van der Waals surface area contributed by atoms with Gasteiger partial charge in [0.1, 0.15) is 5.02 Å². The van der Waals surface area contributed by atoms with Gasteiger partial charge in [-0.15, -0.1) is 21.5 Å². The molecule has 28 heavy (non-hydrogen) atoms. The number of thioether (sulfide) groups is 1. The molecule has 0 aliphatic rings. The molecule has 0 spiro atoms. The Bertz CT molecular complexity index is 1040. The van der Waals surface area contributed by atoms with Gasteiger partial charge in [0.2, 0.25) is 5.91 Å². The van der Waals surface area contributed by atoms with Crippen molar-refractivity contribution in [2.24, 2.45) is 0 Å². The quantitative estimate of drug-likeness (QED) is 0.274. The monoisotopic (exact) mass is 501 g/mol. The van der Waals surface area contributed by atoms with Crippen LogP contribution < -0.4 is 5.32 Å². The fourth-order valence-electron chi connectivity index (χ4n) is 2.35. The normalized spacial score (nSPS) is 10.8. The van der Waals surface area contributed by atoms with Crippen molar-refractivity contribution in [3.8, 4) is 10.7 Å². The molecular formula is C16H13BrClN5O3S2. The molecular weight excluding hydrogens is 490 g/mol. The number of nitrogens with one attached hydrogen (secondary N) is 1. The van der Waals surface area contributed by atoms with Crippen LogP contribution in [0.15, 0.2) is 39.3 Å². The van der Waals surface area contributed by atoms with Crippen LogP contribution >= 0.6 is 50.6 Å². The average Bonchev–Trinajstić information content (AvgIpc) is 3.26. The number of thiophene rings is 1. The number of carbonyl (C=O) groups excluding carboxylic acids is 1. The van der Waals surface area contributed by atoms with Crippen molar-refractivity contribution in [3.63, 3.8) is 0 Å². The predicted octanol–water partition coefficient (Wildman–Crippen LogP) is 5.08. The number of rotatable bonds is 7. The van der Waals surface area contributed by atoms with Gasteiger partial charge in [-0.2, -0.15) is 0 Å². The Kier molecular flexibility index (Phi) is 6.70. The van der Waals surface area contributed by atoms with E-state index in [-0.39, 0.29) is 22.4 Å². The molecule has 0 bridgehead atoms. The molecule has 0 aliphatic heterocycles. The second-order valence-corrected chi connectivity index (χ2v) is 8.62. The summed E-state index contributed by atoms with van der Waals surface area (Å²) in [5.74, 6) is 0.519. The van der Waals surface area contributed by atoms with Crippen molar-refractivity contribution in [2.45, 2.75) is 18.6 Å². The molecule has 1 N–H and O–H groups in total. The van der Waals surface area contributed by atoms with Gasteiger partial charge < -0.3 is 9.88 Å². The summed E-state index contributed by atoms with van der Waals surface area (Å²) in [6.45, 7) is 2.64. The van der Waals surface area contributed by atoms with E-state index >= 15 is 0 Å². The molecule has 1 aromatic carbocycles. The van der Waals surface area contributed by atoms with Crippen LogP contribution in [0, 0.1) is 10.1 Å². The van der Waals surface area contributed by atoms with Crippen LogP contribution in [0.25, 0.3) is 10.7 Å². The van der Waals surface area contributed by atoms with Crippen LogP contribution in [0.2, 0.25) is 5.02 Å².